The van der Waals surface area contributed by atoms with Gasteiger partial charge in [-0.3, -0.25) is 4.79 Å². The highest BCUT2D eigenvalue weighted by atomic mass is 35.5. The Balaban J connectivity index is 1.92. The molecule has 102 valence electrons. The van der Waals surface area contributed by atoms with Crippen LogP contribution in [0, 0.1) is 5.92 Å². The smallest absolute Gasteiger partial charge is 0.230 e. The Kier molecular flexibility index (Phi) is 3.50. The van der Waals surface area contributed by atoms with Crippen LogP contribution in [0.15, 0.2) is 18.2 Å². The van der Waals surface area contributed by atoms with E-state index in [1.807, 2.05) is 11.0 Å². The van der Waals surface area contributed by atoms with Crippen molar-refractivity contribution < 1.29 is 9.90 Å². The van der Waals surface area contributed by atoms with E-state index in [9.17, 15) is 9.90 Å². The molecule has 1 N–H and O–H groups in total. The quantitative estimate of drug-likeness (QED) is 0.857. The third-order valence-electron chi connectivity index (χ3n) is 4.24. The first kappa shape index (κ1) is 12.9. The molecule has 1 heterocycles. The molecule has 2 aliphatic rings. The maximum absolute atomic E-state index is 12.6. The molecular weight excluding hydrogens is 262 g/mol. The molecule has 19 heavy (non-hydrogen) atoms. The molecule has 3 nitrogen and oxygen atoms in total. The summed E-state index contributed by atoms with van der Waals surface area (Å²) >= 11 is 5.98. The second-order valence-corrected chi connectivity index (χ2v) is 5.92. The number of halogens is 1. The predicted molar refractivity (Wildman–Crippen MR) is 75.3 cm³/mol. The van der Waals surface area contributed by atoms with Crippen LogP contribution in [0.4, 0.5) is 5.69 Å². The van der Waals surface area contributed by atoms with Crippen LogP contribution in [0.3, 0.4) is 0 Å². The molecule has 1 fully saturated rings. The SMILES string of the molecule is O=C(C1CCCC1)N1CCC(O)c2cc(Cl)ccc21. The van der Waals surface area contributed by atoms with Crippen molar-refractivity contribution in [3.63, 3.8) is 0 Å². The fourth-order valence-corrected chi connectivity index (χ4v) is 3.37. The minimum atomic E-state index is -0.513. The molecule has 1 aliphatic carbocycles. The van der Waals surface area contributed by atoms with E-state index in [-0.39, 0.29) is 11.8 Å². The standard InChI is InChI=1S/C15H18ClNO2/c16-11-5-6-13-12(9-11)14(18)7-8-17(13)15(19)10-3-1-2-4-10/h5-6,9-10,14,18H,1-4,7-8H2. The molecule has 1 atom stereocenters. The minimum Gasteiger partial charge on any atom is -0.388 e. The molecule has 0 radical (unpaired) electrons. The number of rotatable bonds is 1. The zero-order chi connectivity index (χ0) is 13.4. The third-order valence-corrected chi connectivity index (χ3v) is 4.47. The summed E-state index contributed by atoms with van der Waals surface area (Å²) in [5.74, 6) is 0.381. The Morgan fingerprint density at radius 2 is 2.00 bits per heavy atom. The van der Waals surface area contributed by atoms with Crippen molar-refractivity contribution in [3.05, 3.63) is 28.8 Å². The molecule has 1 unspecified atom stereocenters. The Bertz CT molecular complexity index is 497. The van der Waals surface area contributed by atoms with Crippen molar-refractivity contribution >= 4 is 23.2 Å². The van der Waals surface area contributed by atoms with Crippen LogP contribution in [-0.2, 0) is 4.79 Å². The van der Waals surface area contributed by atoms with Crippen LogP contribution in [-0.4, -0.2) is 17.6 Å². The molecule has 3 rings (SSSR count). The zero-order valence-corrected chi connectivity index (χ0v) is 11.6. The summed E-state index contributed by atoms with van der Waals surface area (Å²) in [6.45, 7) is 0.602. The van der Waals surface area contributed by atoms with Gasteiger partial charge in [0, 0.05) is 28.7 Å². The molecule has 0 bridgehead atoms. The molecule has 1 aromatic rings. The van der Waals surface area contributed by atoms with Crippen LogP contribution < -0.4 is 4.90 Å². The zero-order valence-electron chi connectivity index (χ0n) is 10.8. The van der Waals surface area contributed by atoms with Crippen molar-refractivity contribution in [3.8, 4) is 0 Å². The summed E-state index contributed by atoms with van der Waals surface area (Å²) in [5.41, 5.74) is 1.62. The topological polar surface area (TPSA) is 40.5 Å². The summed E-state index contributed by atoms with van der Waals surface area (Å²) in [7, 11) is 0. The Labute approximate surface area is 118 Å². The first-order valence-corrected chi connectivity index (χ1v) is 7.33. The van der Waals surface area contributed by atoms with Gasteiger partial charge < -0.3 is 10.0 Å². The Morgan fingerprint density at radius 3 is 2.74 bits per heavy atom. The van der Waals surface area contributed by atoms with Crippen LogP contribution in [0.2, 0.25) is 5.02 Å². The third kappa shape index (κ3) is 2.37. The number of carbonyl (C=O) groups excluding carboxylic acids is 1. The average molecular weight is 280 g/mol. The summed E-state index contributed by atoms with van der Waals surface area (Å²) in [6, 6.07) is 5.41. The van der Waals surface area contributed by atoms with Gasteiger partial charge in [-0.25, -0.2) is 0 Å². The molecule has 1 saturated carbocycles. The number of carbonyl (C=O) groups is 1. The highest BCUT2D eigenvalue weighted by Gasteiger charge is 2.32. The number of nitrogens with zero attached hydrogens (tertiary/aromatic N) is 1. The molecule has 1 aliphatic heterocycles. The Hall–Kier alpha value is -1.06. The molecular formula is C15H18ClNO2. The highest BCUT2D eigenvalue weighted by molar-refractivity contribution is 6.30. The number of benzene rings is 1. The molecule has 0 spiro atoms. The number of amides is 1. The lowest BCUT2D eigenvalue weighted by Gasteiger charge is -2.34. The summed E-state index contributed by atoms with van der Waals surface area (Å²) < 4.78 is 0. The molecule has 4 heteroatoms. The summed E-state index contributed by atoms with van der Waals surface area (Å²) in [4.78, 5) is 14.4. The number of anilines is 1. The van der Waals surface area contributed by atoms with Crippen molar-refractivity contribution in [1.29, 1.82) is 0 Å². The van der Waals surface area contributed by atoms with Crippen molar-refractivity contribution in [2.75, 3.05) is 11.4 Å². The normalized spacial score (nSPS) is 23.5. The number of hydrogen-bond acceptors (Lipinski definition) is 2. The van der Waals surface area contributed by atoms with Gasteiger partial charge in [0.1, 0.15) is 0 Å². The monoisotopic (exact) mass is 279 g/mol. The van der Waals surface area contributed by atoms with Crippen molar-refractivity contribution in [2.24, 2.45) is 5.92 Å². The summed E-state index contributed by atoms with van der Waals surface area (Å²) in [5, 5.41) is 10.7. The van der Waals surface area contributed by atoms with Gasteiger partial charge in [-0.15, -0.1) is 0 Å². The lowest BCUT2D eigenvalue weighted by Crippen LogP contribution is -2.39. The molecule has 0 aromatic heterocycles. The lowest BCUT2D eigenvalue weighted by molar-refractivity contribution is -0.122. The van der Waals surface area contributed by atoms with E-state index < -0.39 is 6.10 Å². The van der Waals surface area contributed by atoms with E-state index in [1.165, 1.54) is 0 Å². The second-order valence-electron chi connectivity index (χ2n) is 5.48. The maximum atomic E-state index is 12.6. The van der Waals surface area contributed by atoms with E-state index in [1.54, 1.807) is 12.1 Å². The fourth-order valence-electron chi connectivity index (χ4n) is 3.19. The van der Waals surface area contributed by atoms with Crippen LogP contribution in [0.5, 0.6) is 0 Å². The van der Waals surface area contributed by atoms with E-state index in [2.05, 4.69) is 0 Å². The van der Waals surface area contributed by atoms with E-state index >= 15 is 0 Å². The number of fused-ring (bicyclic) bond motifs is 1. The van der Waals surface area contributed by atoms with Gasteiger partial charge in [-0.2, -0.15) is 0 Å². The molecule has 0 saturated heterocycles. The van der Waals surface area contributed by atoms with Gasteiger partial charge in [-0.1, -0.05) is 24.4 Å². The first-order valence-electron chi connectivity index (χ1n) is 6.95. The van der Waals surface area contributed by atoms with Gasteiger partial charge in [0.05, 0.1) is 6.10 Å². The first-order chi connectivity index (χ1) is 9.16. The fraction of sp³-hybridized carbons (Fsp3) is 0.533. The predicted octanol–water partition coefficient (Wildman–Crippen LogP) is 3.30. The Morgan fingerprint density at radius 1 is 1.26 bits per heavy atom. The highest BCUT2D eigenvalue weighted by Crippen LogP contribution is 2.37. The molecule has 1 aromatic carbocycles. The maximum Gasteiger partial charge on any atom is 0.230 e. The summed E-state index contributed by atoms with van der Waals surface area (Å²) in [6.07, 6.45) is 4.38. The van der Waals surface area contributed by atoms with Crippen LogP contribution >= 0.6 is 11.6 Å². The van der Waals surface area contributed by atoms with E-state index in [0.717, 1.165) is 36.9 Å². The van der Waals surface area contributed by atoms with Crippen LogP contribution in [0.1, 0.15) is 43.8 Å². The van der Waals surface area contributed by atoms with Gasteiger partial charge in [0.15, 0.2) is 0 Å². The van der Waals surface area contributed by atoms with Crippen molar-refractivity contribution in [2.45, 2.75) is 38.2 Å². The molecule has 1 amide bonds. The number of aliphatic hydroxyl groups is 1. The van der Waals surface area contributed by atoms with Gasteiger partial charge >= 0.3 is 0 Å². The number of aliphatic hydroxyl groups excluding tert-OH is 1. The van der Waals surface area contributed by atoms with Crippen molar-refractivity contribution in [1.82, 2.24) is 0 Å². The number of hydrogen-bond donors (Lipinski definition) is 1. The second kappa shape index (κ2) is 5.14. The van der Waals surface area contributed by atoms with E-state index in [0.29, 0.717) is 18.0 Å². The van der Waals surface area contributed by atoms with Gasteiger partial charge in [0.25, 0.3) is 0 Å². The largest absolute Gasteiger partial charge is 0.388 e. The van der Waals surface area contributed by atoms with E-state index in [4.69, 9.17) is 11.6 Å². The minimum absolute atomic E-state index is 0.166. The van der Waals surface area contributed by atoms with Gasteiger partial charge in [-0.05, 0) is 37.5 Å². The van der Waals surface area contributed by atoms with Gasteiger partial charge in [0.2, 0.25) is 5.91 Å². The lowest BCUT2D eigenvalue weighted by atomic mass is 9.96. The van der Waals surface area contributed by atoms with Crippen LogP contribution in [0.25, 0.3) is 0 Å². The average Bonchev–Trinajstić information content (AvgIpc) is 2.93.